The Hall–Kier alpha value is -1.95. The van der Waals surface area contributed by atoms with Gasteiger partial charge in [-0.25, -0.2) is 0 Å². The SMILES string of the molecule is CCCCCOCC(=O)NC(CC(=O)OC)c1ccncc1. The highest BCUT2D eigenvalue weighted by Crippen LogP contribution is 2.16. The first-order chi connectivity index (χ1) is 10.7. The van der Waals surface area contributed by atoms with Crippen LogP contribution in [0.5, 0.6) is 0 Å². The molecule has 0 aliphatic heterocycles. The number of unbranched alkanes of at least 4 members (excludes halogenated alkanes) is 2. The largest absolute Gasteiger partial charge is 0.469 e. The number of pyridine rings is 1. The van der Waals surface area contributed by atoms with Crippen molar-refractivity contribution in [2.75, 3.05) is 20.3 Å². The Morgan fingerprint density at radius 3 is 2.64 bits per heavy atom. The molecule has 0 bridgehead atoms. The Kier molecular flexibility index (Phi) is 8.83. The van der Waals surface area contributed by atoms with Gasteiger partial charge in [0.1, 0.15) is 6.61 Å². The number of nitrogens with one attached hydrogen (secondary N) is 1. The van der Waals surface area contributed by atoms with Crippen LogP contribution in [0.1, 0.15) is 44.2 Å². The molecule has 6 heteroatoms. The summed E-state index contributed by atoms with van der Waals surface area (Å²) in [6.45, 7) is 2.67. The van der Waals surface area contributed by atoms with Crippen LogP contribution in [0.25, 0.3) is 0 Å². The van der Waals surface area contributed by atoms with Crippen molar-refractivity contribution in [2.45, 2.75) is 38.6 Å². The van der Waals surface area contributed by atoms with Crippen LogP contribution in [0, 0.1) is 0 Å². The van der Waals surface area contributed by atoms with Gasteiger partial charge in [-0.2, -0.15) is 0 Å². The standard InChI is InChI=1S/C16H24N2O4/c1-3-4-5-10-22-12-15(19)18-14(11-16(20)21-2)13-6-8-17-9-7-13/h6-9,14H,3-5,10-12H2,1-2H3,(H,18,19). The summed E-state index contributed by atoms with van der Waals surface area (Å²) >= 11 is 0. The van der Waals surface area contributed by atoms with Crippen LogP contribution < -0.4 is 5.32 Å². The summed E-state index contributed by atoms with van der Waals surface area (Å²) in [4.78, 5) is 27.3. The second-order valence-corrected chi connectivity index (χ2v) is 4.94. The van der Waals surface area contributed by atoms with E-state index in [0.29, 0.717) is 6.61 Å². The van der Waals surface area contributed by atoms with Crippen molar-refractivity contribution in [1.29, 1.82) is 0 Å². The fraction of sp³-hybridized carbons (Fsp3) is 0.562. The van der Waals surface area contributed by atoms with E-state index in [1.165, 1.54) is 7.11 Å². The Morgan fingerprint density at radius 1 is 1.27 bits per heavy atom. The van der Waals surface area contributed by atoms with Gasteiger partial charge in [0.15, 0.2) is 0 Å². The van der Waals surface area contributed by atoms with Crippen molar-refractivity contribution < 1.29 is 19.1 Å². The summed E-state index contributed by atoms with van der Waals surface area (Å²) in [7, 11) is 1.32. The van der Waals surface area contributed by atoms with Crippen LogP contribution in [0.3, 0.4) is 0 Å². The van der Waals surface area contributed by atoms with Crippen LogP contribution in [-0.4, -0.2) is 37.2 Å². The van der Waals surface area contributed by atoms with Crippen LogP contribution in [0.15, 0.2) is 24.5 Å². The van der Waals surface area contributed by atoms with Gasteiger partial charge < -0.3 is 14.8 Å². The average molecular weight is 308 g/mol. The van der Waals surface area contributed by atoms with Gasteiger partial charge in [0, 0.05) is 19.0 Å². The maximum absolute atomic E-state index is 11.9. The lowest BCUT2D eigenvalue weighted by Crippen LogP contribution is -2.33. The van der Waals surface area contributed by atoms with E-state index >= 15 is 0 Å². The van der Waals surface area contributed by atoms with Gasteiger partial charge in [-0.3, -0.25) is 14.6 Å². The van der Waals surface area contributed by atoms with Crippen LogP contribution >= 0.6 is 0 Å². The van der Waals surface area contributed by atoms with Crippen molar-refractivity contribution in [3.8, 4) is 0 Å². The Morgan fingerprint density at radius 2 is 2.00 bits per heavy atom. The summed E-state index contributed by atoms with van der Waals surface area (Å²) in [6.07, 6.45) is 6.45. The number of nitrogens with zero attached hydrogens (tertiary/aromatic N) is 1. The minimum Gasteiger partial charge on any atom is -0.469 e. The van der Waals surface area contributed by atoms with E-state index in [9.17, 15) is 9.59 Å². The number of esters is 1. The molecule has 0 fully saturated rings. The molecule has 0 aromatic carbocycles. The van der Waals surface area contributed by atoms with Gasteiger partial charge in [-0.1, -0.05) is 19.8 Å². The summed E-state index contributed by atoms with van der Waals surface area (Å²) in [5.74, 6) is -0.631. The molecule has 1 aromatic heterocycles. The Labute approximate surface area is 131 Å². The molecule has 0 spiro atoms. The highest BCUT2D eigenvalue weighted by Gasteiger charge is 2.18. The van der Waals surface area contributed by atoms with E-state index in [0.717, 1.165) is 24.8 Å². The lowest BCUT2D eigenvalue weighted by molar-refractivity contribution is -0.141. The van der Waals surface area contributed by atoms with Gasteiger partial charge in [0.25, 0.3) is 0 Å². The second kappa shape index (κ2) is 10.7. The number of ether oxygens (including phenoxy) is 2. The maximum atomic E-state index is 11.9. The minimum atomic E-state index is -0.442. The monoisotopic (exact) mass is 308 g/mol. The molecular formula is C16H24N2O4. The van der Waals surface area contributed by atoms with Gasteiger partial charge in [0.05, 0.1) is 19.6 Å². The highest BCUT2D eigenvalue weighted by atomic mass is 16.5. The predicted octanol–water partition coefficient (Wildman–Crippen LogP) is 2.01. The zero-order chi connectivity index (χ0) is 16.2. The van der Waals surface area contributed by atoms with Gasteiger partial charge in [0.2, 0.25) is 5.91 Å². The number of aromatic nitrogens is 1. The van der Waals surface area contributed by atoms with Crippen molar-refractivity contribution in [3.05, 3.63) is 30.1 Å². The maximum Gasteiger partial charge on any atom is 0.307 e. The van der Waals surface area contributed by atoms with Gasteiger partial charge in [-0.15, -0.1) is 0 Å². The molecule has 6 nitrogen and oxygen atoms in total. The Balaban J connectivity index is 2.50. The summed E-state index contributed by atoms with van der Waals surface area (Å²) in [6, 6.07) is 3.08. The van der Waals surface area contributed by atoms with E-state index in [-0.39, 0.29) is 24.9 Å². The van der Waals surface area contributed by atoms with E-state index in [2.05, 4.69) is 22.0 Å². The molecule has 0 radical (unpaired) electrons. The normalized spacial score (nSPS) is 11.7. The van der Waals surface area contributed by atoms with Gasteiger partial charge in [-0.05, 0) is 24.1 Å². The number of carbonyl (C=O) groups is 2. The molecule has 122 valence electrons. The first-order valence-corrected chi connectivity index (χ1v) is 7.51. The van der Waals surface area contributed by atoms with Crippen molar-refractivity contribution in [3.63, 3.8) is 0 Å². The molecule has 22 heavy (non-hydrogen) atoms. The molecule has 1 amide bonds. The fourth-order valence-electron chi connectivity index (χ4n) is 1.95. The lowest BCUT2D eigenvalue weighted by atomic mass is 10.1. The molecule has 1 unspecified atom stereocenters. The second-order valence-electron chi connectivity index (χ2n) is 4.94. The zero-order valence-electron chi connectivity index (χ0n) is 13.2. The van der Waals surface area contributed by atoms with E-state index < -0.39 is 6.04 Å². The van der Waals surface area contributed by atoms with Crippen molar-refractivity contribution in [2.24, 2.45) is 0 Å². The third-order valence-corrected chi connectivity index (χ3v) is 3.17. The number of hydrogen-bond acceptors (Lipinski definition) is 5. The highest BCUT2D eigenvalue weighted by molar-refractivity contribution is 5.79. The molecule has 0 aliphatic rings. The van der Waals surface area contributed by atoms with E-state index in [4.69, 9.17) is 4.74 Å². The van der Waals surface area contributed by atoms with Crippen molar-refractivity contribution in [1.82, 2.24) is 10.3 Å². The summed E-state index contributed by atoms with van der Waals surface area (Å²) in [5, 5.41) is 2.80. The molecule has 1 rings (SSSR count). The quantitative estimate of drug-likeness (QED) is 0.528. The topological polar surface area (TPSA) is 77.5 Å². The number of amides is 1. The predicted molar refractivity (Wildman–Crippen MR) is 82.1 cm³/mol. The third kappa shape index (κ3) is 7.17. The zero-order valence-corrected chi connectivity index (χ0v) is 13.2. The van der Waals surface area contributed by atoms with E-state index in [1.54, 1.807) is 24.5 Å². The minimum absolute atomic E-state index is 0.00747. The smallest absolute Gasteiger partial charge is 0.307 e. The molecule has 1 heterocycles. The fourth-order valence-corrected chi connectivity index (χ4v) is 1.95. The van der Waals surface area contributed by atoms with Crippen LogP contribution in [-0.2, 0) is 19.1 Å². The molecule has 0 saturated carbocycles. The third-order valence-electron chi connectivity index (χ3n) is 3.17. The molecular weight excluding hydrogens is 284 g/mol. The molecule has 0 saturated heterocycles. The summed E-state index contributed by atoms with van der Waals surface area (Å²) < 4.78 is 10.00. The lowest BCUT2D eigenvalue weighted by Gasteiger charge is -2.18. The van der Waals surface area contributed by atoms with Crippen molar-refractivity contribution >= 4 is 11.9 Å². The Bertz CT molecular complexity index is 451. The average Bonchev–Trinajstić information content (AvgIpc) is 2.54. The molecule has 1 N–H and O–H groups in total. The number of hydrogen-bond donors (Lipinski definition) is 1. The summed E-state index contributed by atoms with van der Waals surface area (Å²) in [5.41, 5.74) is 0.805. The van der Waals surface area contributed by atoms with Gasteiger partial charge >= 0.3 is 5.97 Å². The first kappa shape index (κ1) is 18.1. The molecule has 0 aliphatic carbocycles. The van der Waals surface area contributed by atoms with Crippen LogP contribution in [0.2, 0.25) is 0 Å². The number of rotatable bonds is 10. The van der Waals surface area contributed by atoms with Crippen LogP contribution in [0.4, 0.5) is 0 Å². The molecule has 1 atom stereocenters. The number of methoxy groups -OCH3 is 1. The van der Waals surface area contributed by atoms with E-state index in [1.807, 2.05) is 0 Å². The first-order valence-electron chi connectivity index (χ1n) is 7.51. The number of carbonyl (C=O) groups excluding carboxylic acids is 2. The molecule has 1 aromatic rings.